The maximum absolute atomic E-state index is 13.8. The van der Waals surface area contributed by atoms with E-state index in [1.807, 2.05) is 13.0 Å². The molecule has 0 aliphatic carbocycles. The first-order valence-corrected chi connectivity index (χ1v) is 6.38. The Morgan fingerprint density at radius 1 is 1.35 bits per heavy atom. The Kier molecular flexibility index (Phi) is 3.67. The molecule has 1 aliphatic rings. The van der Waals surface area contributed by atoms with Gasteiger partial charge in [-0.15, -0.1) is 0 Å². The van der Waals surface area contributed by atoms with E-state index < -0.39 is 0 Å². The largest absolute Gasteiger partial charge is 0.371 e. The molecule has 17 heavy (non-hydrogen) atoms. The fourth-order valence-corrected chi connectivity index (χ4v) is 2.50. The van der Waals surface area contributed by atoms with Gasteiger partial charge in [-0.05, 0) is 37.8 Å². The fourth-order valence-electron chi connectivity index (χ4n) is 2.50. The van der Waals surface area contributed by atoms with Gasteiger partial charge < -0.3 is 10.6 Å². The highest BCUT2D eigenvalue weighted by Gasteiger charge is 2.21. The lowest BCUT2D eigenvalue weighted by molar-refractivity contribution is 0.436. The van der Waals surface area contributed by atoms with Gasteiger partial charge in [0.05, 0.1) is 0 Å². The SMILES string of the molecule is CC1CCN(c2cccc(F)c2[C@@H](C)N)CC1. The number of anilines is 1. The van der Waals surface area contributed by atoms with Crippen LogP contribution in [0.25, 0.3) is 0 Å². The Morgan fingerprint density at radius 2 is 2.00 bits per heavy atom. The molecule has 1 heterocycles. The van der Waals surface area contributed by atoms with Gasteiger partial charge in [0.25, 0.3) is 0 Å². The van der Waals surface area contributed by atoms with Gasteiger partial charge >= 0.3 is 0 Å². The molecule has 2 nitrogen and oxygen atoms in total. The molecule has 1 aromatic carbocycles. The van der Waals surface area contributed by atoms with E-state index in [-0.39, 0.29) is 11.9 Å². The van der Waals surface area contributed by atoms with E-state index in [1.54, 1.807) is 6.07 Å². The summed E-state index contributed by atoms with van der Waals surface area (Å²) in [6.45, 7) is 6.12. The summed E-state index contributed by atoms with van der Waals surface area (Å²) in [7, 11) is 0. The van der Waals surface area contributed by atoms with Crippen LogP contribution in [0.3, 0.4) is 0 Å². The summed E-state index contributed by atoms with van der Waals surface area (Å²) in [6, 6.07) is 4.99. The minimum Gasteiger partial charge on any atom is -0.371 e. The molecule has 3 heteroatoms. The molecule has 1 aliphatic heterocycles. The zero-order chi connectivity index (χ0) is 12.4. The number of rotatable bonds is 2. The van der Waals surface area contributed by atoms with Crippen molar-refractivity contribution in [3.63, 3.8) is 0 Å². The first-order chi connectivity index (χ1) is 8.09. The third-order valence-electron chi connectivity index (χ3n) is 3.61. The maximum atomic E-state index is 13.8. The number of nitrogens with two attached hydrogens (primary N) is 1. The van der Waals surface area contributed by atoms with Crippen molar-refractivity contribution < 1.29 is 4.39 Å². The van der Waals surface area contributed by atoms with Gasteiger partial charge in [-0.2, -0.15) is 0 Å². The summed E-state index contributed by atoms with van der Waals surface area (Å²) in [5.74, 6) is 0.592. The molecule has 0 aromatic heterocycles. The van der Waals surface area contributed by atoms with E-state index >= 15 is 0 Å². The van der Waals surface area contributed by atoms with E-state index in [2.05, 4.69) is 11.8 Å². The average molecular weight is 236 g/mol. The van der Waals surface area contributed by atoms with Crippen LogP contribution in [0.4, 0.5) is 10.1 Å². The predicted molar refractivity (Wildman–Crippen MR) is 69.6 cm³/mol. The van der Waals surface area contributed by atoms with Crippen LogP contribution in [-0.2, 0) is 0 Å². The van der Waals surface area contributed by atoms with E-state index in [0.29, 0.717) is 5.56 Å². The zero-order valence-corrected chi connectivity index (χ0v) is 10.6. The Morgan fingerprint density at radius 3 is 2.59 bits per heavy atom. The molecule has 2 N–H and O–H groups in total. The third kappa shape index (κ3) is 2.60. The summed E-state index contributed by atoms with van der Waals surface area (Å²) in [4.78, 5) is 2.27. The van der Waals surface area contributed by atoms with Gasteiger partial charge in [0.15, 0.2) is 0 Å². The topological polar surface area (TPSA) is 29.3 Å². The molecule has 1 aromatic rings. The van der Waals surface area contributed by atoms with Crippen molar-refractivity contribution in [2.24, 2.45) is 11.7 Å². The molecule has 0 unspecified atom stereocenters. The second-order valence-electron chi connectivity index (χ2n) is 5.13. The summed E-state index contributed by atoms with van der Waals surface area (Å²) in [5.41, 5.74) is 7.52. The van der Waals surface area contributed by atoms with Gasteiger partial charge in [-0.3, -0.25) is 0 Å². The second kappa shape index (κ2) is 5.05. The van der Waals surface area contributed by atoms with Gasteiger partial charge in [0.2, 0.25) is 0 Å². The number of hydrogen-bond acceptors (Lipinski definition) is 2. The quantitative estimate of drug-likeness (QED) is 0.855. The van der Waals surface area contributed by atoms with E-state index in [4.69, 9.17) is 5.73 Å². The van der Waals surface area contributed by atoms with Crippen LogP contribution in [0.1, 0.15) is 38.3 Å². The van der Waals surface area contributed by atoms with Crippen LogP contribution in [0.5, 0.6) is 0 Å². The monoisotopic (exact) mass is 236 g/mol. The highest BCUT2D eigenvalue weighted by molar-refractivity contribution is 5.55. The molecule has 2 rings (SSSR count). The van der Waals surface area contributed by atoms with Crippen molar-refractivity contribution in [3.8, 4) is 0 Å². The van der Waals surface area contributed by atoms with Crippen LogP contribution < -0.4 is 10.6 Å². The van der Waals surface area contributed by atoms with Crippen LogP contribution >= 0.6 is 0 Å². The van der Waals surface area contributed by atoms with Crippen molar-refractivity contribution >= 4 is 5.69 Å². The Balaban J connectivity index is 2.28. The summed E-state index contributed by atoms with van der Waals surface area (Å²) >= 11 is 0. The lowest BCUT2D eigenvalue weighted by atomic mass is 9.97. The molecule has 0 amide bonds. The number of benzene rings is 1. The minimum absolute atomic E-state index is 0.184. The summed E-state index contributed by atoms with van der Waals surface area (Å²) < 4.78 is 13.8. The molecule has 1 saturated heterocycles. The Bertz CT molecular complexity index is 382. The standard InChI is InChI=1S/C14H21FN2/c1-10-6-8-17(9-7-10)13-5-3-4-12(15)14(13)11(2)16/h3-5,10-11H,6-9,16H2,1-2H3/t11-/m1/s1. The Hall–Kier alpha value is -1.09. The number of piperidine rings is 1. The van der Waals surface area contributed by atoms with Crippen molar-refractivity contribution in [2.75, 3.05) is 18.0 Å². The Labute approximate surface area is 103 Å². The van der Waals surface area contributed by atoms with Gasteiger partial charge in [0, 0.05) is 30.4 Å². The lowest BCUT2D eigenvalue weighted by Crippen LogP contribution is -2.34. The van der Waals surface area contributed by atoms with Gasteiger partial charge in [-0.25, -0.2) is 4.39 Å². The number of hydrogen-bond donors (Lipinski definition) is 1. The van der Waals surface area contributed by atoms with Gasteiger partial charge in [0.1, 0.15) is 5.82 Å². The second-order valence-corrected chi connectivity index (χ2v) is 5.13. The normalized spacial score (nSPS) is 19.4. The molecule has 1 atom stereocenters. The predicted octanol–water partition coefficient (Wildman–Crippen LogP) is 3.08. The van der Waals surface area contributed by atoms with Crippen molar-refractivity contribution in [2.45, 2.75) is 32.7 Å². The smallest absolute Gasteiger partial charge is 0.130 e. The van der Waals surface area contributed by atoms with Crippen LogP contribution in [-0.4, -0.2) is 13.1 Å². The average Bonchev–Trinajstić information content (AvgIpc) is 2.29. The highest BCUT2D eigenvalue weighted by Crippen LogP contribution is 2.30. The molecular weight excluding hydrogens is 215 g/mol. The maximum Gasteiger partial charge on any atom is 0.130 e. The molecule has 0 spiro atoms. The lowest BCUT2D eigenvalue weighted by Gasteiger charge is -2.34. The molecule has 1 fully saturated rings. The molecule has 94 valence electrons. The first-order valence-electron chi connectivity index (χ1n) is 6.38. The fraction of sp³-hybridized carbons (Fsp3) is 0.571. The van der Waals surface area contributed by atoms with Crippen molar-refractivity contribution in [3.05, 3.63) is 29.6 Å². The van der Waals surface area contributed by atoms with Crippen LogP contribution in [0.2, 0.25) is 0 Å². The number of nitrogens with zero attached hydrogens (tertiary/aromatic N) is 1. The molecule has 0 radical (unpaired) electrons. The minimum atomic E-state index is -0.259. The number of halogens is 1. The van der Waals surface area contributed by atoms with Crippen LogP contribution in [0, 0.1) is 11.7 Å². The third-order valence-corrected chi connectivity index (χ3v) is 3.61. The summed E-state index contributed by atoms with van der Waals surface area (Å²) in [5, 5.41) is 0. The molecular formula is C14H21FN2. The summed E-state index contributed by atoms with van der Waals surface area (Å²) in [6.07, 6.45) is 2.35. The van der Waals surface area contributed by atoms with E-state index in [1.165, 1.54) is 18.9 Å². The van der Waals surface area contributed by atoms with Crippen LogP contribution in [0.15, 0.2) is 18.2 Å². The van der Waals surface area contributed by atoms with Crippen molar-refractivity contribution in [1.29, 1.82) is 0 Å². The first kappa shape index (κ1) is 12.4. The molecule has 0 bridgehead atoms. The van der Waals surface area contributed by atoms with E-state index in [0.717, 1.165) is 24.7 Å². The highest BCUT2D eigenvalue weighted by atomic mass is 19.1. The molecule has 0 saturated carbocycles. The van der Waals surface area contributed by atoms with Crippen molar-refractivity contribution in [1.82, 2.24) is 0 Å². The van der Waals surface area contributed by atoms with Gasteiger partial charge in [-0.1, -0.05) is 13.0 Å². The zero-order valence-electron chi connectivity index (χ0n) is 10.6. The van der Waals surface area contributed by atoms with E-state index in [9.17, 15) is 4.39 Å².